The molecular weight excluding hydrogens is 226 g/mol. The number of hydrogen-bond acceptors (Lipinski definition) is 4. The molecule has 0 atom stereocenters. The molecule has 0 aromatic heterocycles. The van der Waals surface area contributed by atoms with Crippen molar-refractivity contribution < 1.29 is 9.66 Å². The molecule has 0 saturated carbocycles. The van der Waals surface area contributed by atoms with Crippen LogP contribution >= 0.6 is 12.6 Å². The SMILES string of the molecule is Cc1cccc([N+](=O)[O-])c1OCCCCS. The van der Waals surface area contributed by atoms with Crippen LogP contribution in [-0.2, 0) is 0 Å². The Morgan fingerprint density at radius 2 is 2.19 bits per heavy atom. The van der Waals surface area contributed by atoms with E-state index in [0.29, 0.717) is 12.4 Å². The quantitative estimate of drug-likeness (QED) is 0.360. The van der Waals surface area contributed by atoms with E-state index in [2.05, 4.69) is 12.6 Å². The zero-order chi connectivity index (χ0) is 12.0. The number of aryl methyl sites for hydroxylation is 1. The lowest BCUT2D eigenvalue weighted by Crippen LogP contribution is -2.02. The lowest BCUT2D eigenvalue weighted by atomic mass is 10.2. The Bertz CT molecular complexity index is 368. The van der Waals surface area contributed by atoms with Gasteiger partial charge < -0.3 is 4.74 Å². The number of unbranched alkanes of at least 4 members (excludes halogenated alkanes) is 1. The molecule has 0 fully saturated rings. The second-order valence-electron chi connectivity index (χ2n) is 3.46. The van der Waals surface area contributed by atoms with Gasteiger partial charge in [0.15, 0.2) is 5.75 Å². The number of thiol groups is 1. The Hall–Kier alpha value is -1.23. The van der Waals surface area contributed by atoms with Crippen LogP contribution in [0, 0.1) is 17.0 Å². The molecule has 0 aliphatic carbocycles. The van der Waals surface area contributed by atoms with Gasteiger partial charge in [0.25, 0.3) is 0 Å². The van der Waals surface area contributed by atoms with Crippen molar-refractivity contribution in [2.45, 2.75) is 19.8 Å². The lowest BCUT2D eigenvalue weighted by Gasteiger charge is -2.08. The second kappa shape index (κ2) is 6.37. The van der Waals surface area contributed by atoms with E-state index in [4.69, 9.17) is 4.74 Å². The van der Waals surface area contributed by atoms with Gasteiger partial charge in [-0.1, -0.05) is 12.1 Å². The number of ether oxygens (including phenoxy) is 1. The Balaban J connectivity index is 2.73. The molecule has 0 aliphatic rings. The summed E-state index contributed by atoms with van der Waals surface area (Å²) in [4.78, 5) is 10.4. The number of hydrogen-bond donors (Lipinski definition) is 1. The van der Waals surface area contributed by atoms with Gasteiger partial charge in [0.05, 0.1) is 11.5 Å². The molecule has 1 aromatic carbocycles. The first kappa shape index (κ1) is 12.8. The molecule has 0 spiro atoms. The van der Waals surface area contributed by atoms with Gasteiger partial charge in [0.1, 0.15) is 0 Å². The van der Waals surface area contributed by atoms with Crippen molar-refractivity contribution in [2.75, 3.05) is 12.4 Å². The maximum absolute atomic E-state index is 10.8. The van der Waals surface area contributed by atoms with E-state index in [1.165, 1.54) is 6.07 Å². The summed E-state index contributed by atoms with van der Waals surface area (Å²) < 4.78 is 5.46. The van der Waals surface area contributed by atoms with Crippen LogP contribution in [0.4, 0.5) is 5.69 Å². The van der Waals surface area contributed by atoms with Gasteiger partial charge in [-0.05, 0) is 31.1 Å². The van der Waals surface area contributed by atoms with Crippen LogP contribution in [0.1, 0.15) is 18.4 Å². The molecule has 0 unspecified atom stereocenters. The maximum atomic E-state index is 10.8. The molecule has 4 nitrogen and oxygen atoms in total. The fourth-order valence-corrected chi connectivity index (χ4v) is 1.58. The van der Waals surface area contributed by atoms with E-state index in [1.807, 2.05) is 0 Å². The summed E-state index contributed by atoms with van der Waals surface area (Å²) in [5.41, 5.74) is 0.825. The highest BCUT2D eigenvalue weighted by Gasteiger charge is 2.16. The summed E-state index contributed by atoms with van der Waals surface area (Å²) in [6.45, 7) is 2.30. The normalized spacial score (nSPS) is 10.1. The summed E-state index contributed by atoms with van der Waals surface area (Å²) in [6, 6.07) is 4.93. The minimum atomic E-state index is -0.416. The average Bonchev–Trinajstić information content (AvgIpc) is 2.25. The standard InChI is InChI=1S/C11H15NO3S/c1-9-5-4-6-10(12(13)14)11(9)15-7-2-3-8-16/h4-6,16H,2-3,7-8H2,1H3. The van der Waals surface area contributed by atoms with E-state index < -0.39 is 4.92 Å². The molecule has 0 N–H and O–H groups in total. The Kier molecular flexibility index (Phi) is 5.11. The first-order valence-corrected chi connectivity index (χ1v) is 5.77. The largest absolute Gasteiger partial charge is 0.487 e. The van der Waals surface area contributed by atoms with Crippen molar-refractivity contribution in [1.82, 2.24) is 0 Å². The third-order valence-corrected chi connectivity index (χ3v) is 2.50. The van der Waals surface area contributed by atoms with E-state index in [1.54, 1.807) is 19.1 Å². The summed E-state index contributed by atoms with van der Waals surface area (Å²) in [5, 5.41) is 10.8. The molecule has 88 valence electrons. The van der Waals surface area contributed by atoms with Crippen LogP contribution in [0.5, 0.6) is 5.75 Å². The molecule has 0 bridgehead atoms. The fourth-order valence-electron chi connectivity index (χ4n) is 1.36. The molecule has 1 aromatic rings. The topological polar surface area (TPSA) is 52.4 Å². The average molecular weight is 241 g/mol. The van der Waals surface area contributed by atoms with Crippen LogP contribution in [0.25, 0.3) is 0 Å². The summed E-state index contributed by atoms with van der Waals surface area (Å²) >= 11 is 4.09. The molecule has 0 radical (unpaired) electrons. The first-order valence-electron chi connectivity index (χ1n) is 5.14. The van der Waals surface area contributed by atoms with Gasteiger partial charge in [0, 0.05) is 6.07 Å². The molecule has 16 heavy (non-hydrogen) atoms. The maximum Gasteiger partial charge on any atom is 0.311 e. The number of benzene rings is 1. The number of nitro benzene ring substituents is 1. The van der Waals surface area contributed by atoms with Crippen molar-refractivity contribution >= 4 is 18.3 Å². The van der Waals surface area contributed by atoms with Crippen LogP contribution in [0.2, 0.25) is 0 Å². The minimum absolute atomic E-state index is 0.0332. The van der Waals surface area contributed by atoms with Crippen LogP contribution in [-0.4, -0.2) is 17.3 Å². The van der Waals surface area contributed by atoms with Gasteiger partial charge in [-0.15, -0.1) is 0 Å². The lowest BCUT2D eigenvalue weighted by molar-refractivity contribution is -0.385. The van der Waals surface area contributed by atoms with Crippen molar-refractivity contribution in [3.63, 3.8) is 0 Å². The third-order valence-electron chi connectivity index (χ3n) is 2.19. The van der Waals surface area contributed by atoms with Crippen molar-refractivity contribution in [3.05, 3.63) is 33.9 Å². The minimum Gasteiger partial charge on any atom is -0.487 e. The van der Waals surface area contributed by atoms with Crippen molar-refractivity contribution in [3.8, 4) is 5.75 Å². The summed E-state index contributed by atoms with van der Waals surface area (Å²) in [5.74, 6) is 1.19. The zero-order valence-electron chi connectivity index (χ0n) is 9.18. The van der Waals surface area contributed by atoms with Crippen LogP contribution < -0.4 is 4.74 Å². The monoisotopic (exact) mass is 241 g/mol. The van der Waals surface area contributed by atoms with Crippen molar-refractivity contribution in [1.29, 1.82) is 0 Å². The van der Waals surface area contributed by atoms with Crippen LogP contribution in [0.3, 0.4) is 0 Å². The second-order valence-corrected chi connectivity index (χ2v) is 3.91. The van der Waals surface area contributed by atoms with E-state index in [-0.39, 0.29) is 5.69 Å². The fraction of sp³-hybridized carbons (Fsp3) is 0.455. The predicted molar refractivity (Wildman–Crippen MR) is 66.4 cm³/mol. The first-order chi connectivity index (χ1) is 7.66. The van der Waals surface area contributed by atoms with E-state index >= 15 is 0 Å². The molecular formula is C11H15NO3S. The zero-order valence-corrected chi connectivity index (χ0v) is 10.1. The number of rotatable bonds is 6. The Morgan fingerprint density at radius 3 is 2.81 bits per heavy atom. The summed E-state index contributed by atoms with van der Waals surface area (Å²) in [7, 11) is 0. The molecule has 0 saturated heterocycles. The smallest absolute Gasteiger partial charge is 0.311 e. The third kappa shape index (κ3) is 3.41. The van der Waals surface area contributed by atoms with Gasteiger partial charge in [-0.25, -0.2) is 0 Å². The summed E-state index contributed by atoms with van der Waals surface area (Å²) in [6.07, 6.45) is 1.80. The molecule has 5 heteroatoms. The highest BCUT2D eigenvalue weighted by atomic mass is 32.1. The number of nitrogens with zero attached hydrogens (tertiary/aromatic N) is 1. The molecule has 0 amide bonds. The number of nitro groups is 1. The Morgan fingerprint density at radius 1 is 1.44 bits per heavy atom. The van der Waals surface area contributed by atoms with Gasteiger partial charge in [0.2, 0.25) is 0 Å². The molecule has 0 aliphatic heterocycles. The van der Waals surface area contributed by atoms with Gasteiger partial charge >= 0.3 is 5.69 Å². The molecule has 1 rings (SSSR count). The van der Waals surface area contributed by atoms with E-state index in [0.717, 1.165) is 24.2 Å². The van der Waals surface area contributed by atoms with Gasteiger partial charge in [-0.2, -0.15) is 12.6 Å². The highest BCUT2D eigenvalue weighted by molar-refractivity contribution is 7.80. The van der Waals surface area contributed by atoms with Crippen molar-refractivity contribution in [2.24, 2.45) is 0 Å². The van der Waals surface area contributed by atoms with E-state index in [9.17, 15) is 10.1 Å². The highest BCUT2D eigenvalue weighted by Crippen LogP contribution is 2.30. The number of para-hydroxylation sites is 1. The molecule has 0 heterocycles. The van der Waals surface area contributed by atoms with Crippen LogP contribution in [0.15, 0.2) is 18.2 Å². The Labute approximate surface area is 100 Å². The predicted octanol–water partition coefficient (Wildman–Crippen LogP) is 2.99. The van der Waals surface area contributed by atoms with Gasteiger partial charge in [-0.3, -0.25) is 10.1 Å².